The van der Waals surface area contributed by atoms with Crippen molar-refractivity contribution in [3.63, 3.8) is 0 Å². The summed E-state index contributed by atoms with van der Waals surface area (Å²) in [6.45, 7) is 6.50. The molecule has 36 heavy (non-hydrogen) atoms. The van der Waals surface area contributed by atoms with Gasteiger partial charge in [-0.3, -0.25) is 4.90 Å². The highest BCUT2D eigenvalue weighted by molar-refractivity contribution is 7.22. The zero-order valence-corrected chi connectivity index (χ0v) is 20.8. The number of benzene rings is 2. The third kappa shape index (κ3) is 5.63. The smallest absolute Gasteiger partial charge is 0.221 e. The molecule has 10 heteroatoms. The van der Waals surface area contributed by atoms with E-state index >= 15 is 0 Å². The summed E-state index contributed by atoms with van der Waals surface area (Å²) in [7, 11) is 0. The lowest BCUT2D eigenvalue weighted by molar-refractivity contribution is 0.0384. The Hall–Kier alpha value is -3.57. The maximum absolute atomic E-state index is 7.84. The van der Waals surface area contributed by atoms with Gasteiger partial charge in [0, 0.05) is 77.2 Å². The molecule has 1 saturated heterocycles. The van der Waals surface area contributed by atoms with Crippen LogP contribution in [-0.4, -0.2) is 60.5 Å². The highest BCUT2D eigenvalue weighted by atomic mass is 32.1. The molecule has 0 radical (unpaired) electrons. The normalized spacial score (nSPS) is 14.2. The molecule has 5 rings (SSSR count). The molecule has 7 N–H and O–H groups in total. The van der Waals surface area contributed by atoms with Gasteiger partial charge in [0.1, 0.15) is 5.82 Å². The van der Waals surface area contributed by atoms with E-state index in [1.54, 1.807) is 23.6 Å². The van der Waals surface area contributed by atoms with Crippen LogP contribution in [0.5, 0.6) is 0 Å². The Balaban J connectivity index is 1.33. The third-order valence-electron chi connectivity index (χ3n) is 6.20. The van der Waals surface area contributed by atoms with Crippen molar-refractivity contribution in [1.82, 2.24) is 20.2 Å². The predicted octanol–water partition coefficient (Wildman–Crippen LogP) is 3.69. The van der Waals surface area contributed by atoms with Crippen molar-refractivity contribution >= 4 is 50.8 Å². The number of rotatable bonds is 9. The van der Waals surface area contributed by atoms with E-state index in [2.05, 4.69) is 49.8 Å². The first-order chi connectivity index (χ1) is 17.6. The van der Waals surface area contributed by atoms with Crippen LogP contribution >= 0.6 is 11.3 Å². The maximum Gasteiger partial charge on any atom is 0.221 e. The third-order valence-corrected chi connectivity index (χ3v) is 7.35. The Kier molecular flexibility index (Phi) is 7.38. The van der Waals surface area contributed by atoms with Gasteiger partial charge in [0.05, 0.1) is 13.2 Å². The maximum atomic E-state index is 7.84. The molecule has 0 unspecified atom stereocenters. The van der Waals surface area contributed by atoms with Gasteiger partial charge < -0.3 is 32.2 Å². The first kappa shape index (κ1) is 24.1. The van der Waals surface area contributed by atoms with Crippen LogP contribution in [0.15, 0.2) is 48.7 Å². The molecule has 1 fully saturated rings. The minimum atomic E-state index is 0.193. The minimum absolute atomic E-state index is 0.193. The summed E-state index contributed by atoms with van der Waals surface area (Å²) in [5.41, 5.74) is 16.3. The molecule has 0 spiro atoms. The highest BCUT2D eigenvalue weighted by Gasteiger charge is 2.14. The number of nitrogen functional groups attached to an aromatic ring is 2. The molecule has 0 bridgehead atoms. The van der Waals surface area contributed by atoms with Crippen molar-refractivity contribution in [3.8, 4) is 10.4 Å². The largest absolute Gasteiger partial charge is 0.398 e. The van der Waals surface area contributed by atoms with E-state index in [0.29, 0.717) is 17.1 Å². The summed E-state index contributed by atoms with van der Waals surface area (Å²) in [6.07, 6.45) is 2.87. The minimum Gasteiger partial charge on any atom is -0.398 e. The van der Waals surface area contributed by atoms with Gasteiger partial charge >= 0.3 is 0 Å². The van der Waals surface area contributed by atoms with Gasteiger partial charge in [0.2, 0.25) is 5.95 Å². The number of morpholine rings is 1. The van der Waals surface area contributed by atoms with Crippen LogP contribution in [0.4, 0.5) is 23.1 Å². The van der Waals surface area contributed by atoms with Crippen LogP contribution in [0.25, 0.3) is 20.5 Å². The molecule has 1 aliphatic heterocycles. The highest BCUT2D eigenvalue weighted by Crippen LogP contribution is 2.39. The number of thiophene rings is 1. The Labute approximate surface area is 214 Å². The summed E-state index contributed by atoms with van der Waals surface area (Å²) >= 11 is 1.69. The standard InChI is InChI=1S/C26H30N8OS/c27-15-19-12-20(32-24-3-4-31-26(29)33-24)14-21(25(19)28)23-13-18-11-17(1-2-22(18)36-23)16-30-5-6-34-7-9-35-10-8-34/h1-4,11-15,27,30H,5-10,16,28H2,(H3,29,31,32,33). The first-order valence-corrected chi connectivity index (χ1v) is 12.7. The van der Waals surface area contributed by atoms with Crippen LogP contribution < -0.4 is 22.1 Å². The molecule has 0 amide bonds. The van der Waals surface area contributed by atoms with E-state index in [9.17, 15) is 0 Å². The van der Waals surface area contributed by atoms with Crippen molar-refractivity contribution in [3.05, 3.63) is 59.8 Å². The number of nitrogens with one attached hydrogen (secondary N) is 3. The van der Waals surface area contributed by atoms with Gasteiger partial charge in [-0.05, 0) is 47.3 Å². The summed E-state index contributed by atoms with van der Waals surface area (Å²) in [4.78, 5) is 11.6. The topological polar surface area (TPSA) is 138 Å². The fourth-order valence-corrected chi connectivity index (χ4v) is 5.37. The van der Waals surface area contributed by atoms with Gasteiger partial charge in [-0.15, -0.1) is 11.3 Å². The van der Waals surface area contributed by atoms with Crippen molar-refractivity contribution < 1.29 is 4.74 Å². The number of hydrogen-bond donors (Lipinski definition) is 5. The molecular formula is C26H30N8OS. The first-order valence-electron chi connectivity index (χ1n) is 11.9. The lowest BCUT2D eigenvalue weighted by Crippen LogP contribution is -2.40. The second-order valence-electron chi connectivity index (χ2n) is 8.71. The van der Waals surface area contributed by atoms with Crippen molar-refractivity contribution in [2.45, 2.75) is 6.54 Å². The molecule has 2 aromatic heterocycles. The Morgan fingerprint density at radius 3 is 2.78 bits per heavy atom. The van der Waals surface area contributed by atoms with Crippen LogP contribution in [-0.2, 0) is 11.3 Å². The molecule has 2 aromatic carbocycles. The number of nitrogens with zero attached hydrogens (tertiary/aromatic N) is 3. The van der Waals surface area contributed by atoms with Crippen molar-refractivity contribution in [2.24, 2.45) is 0 Å². The average Bonchev–Trinajstić information content (AvgIpc) is 3.31. The van der Waals surface area contributed by atoms with Gasteiger partial charge in [0.15, 0.2) is 0 Å². The molecule has 0 atom stereocenters. The molecule has 1 aliphatic rings. The molecule has 3 heterocycles. The molecule has 0 saturated carbocycles. The lowest BCUT2D eigenvalue weighted by atomic mass is 10.0. The number of ether oxygens (including phenoxy) is 1. The number of hydrogen-bond acceptors (Lipinski definition) is 10. The number of aromatic nitrogens is 2. The van der Waals surface area contributed by atoms with E-state index in [-0.39, 0.29) is 5.95 Å². The lowest BCUT2D eigenvalue weighted by Gasteiger charge is -2.26. The van der Waals surface area contributed by atoms with Gasteiger partial charge in [0.25, 0.3) is 0 Å². The summed E-state index contributed by atoms with van der Waals surface area (Å²) in [6, 6.07) is 14.3. The second kappa shape index (κ2) is 11.0. The van der Waals surface area contributed by atoms with E-state index in [4.69, 9.17) is 21.6 Å². The summed E-state index contributed by atoms with van der Waals surface area (Å²) in [5.74, 6) is 0.773. The van der Waals surface area contributed by atoms with Gasteiger partial charge in [-0.2, -0.15) is 4.98 Å². The van der Waals surface area contributed by atoms with E-state index in [1.807, 2.05) is 12.1 Å². The summed E-state index contributed by atoms with van der Waals surface area (Å²) in [5, 5.41) is 15.8. The van der Waals surface area contributed by atoms with E-state index in [0.717, 1.165) is 62.1 Å². The van der Waals surface area contributed by atoms with E-state index in [1.165, 1.54) is 21.9 Å². The molecule has 186 valence electrons. The molecule has 4 aromatic rings. The fourth-order valence-electron chi connectivity index (χ4n) is 4.29. The van der Waals surface area contributed by atoms with Crippen LogP contribution in [0.3, 0.4) is 0 Å². The molecule has 9 nitrogen and oxygen atoms in total. The van der Waals surface area contributed by atoms with E-state index < -0.39 is 0 Å². The van der Waals surface area contributed by atoms with Crippen LogP contribution in [0, 0.1) is 5.41 Å². The molecule has 0 aliphatic carbocycles. The molecular weight excluding hydrogens is 472 g/mol. The average molecular weight is 503 g/mol. The predicted molar refractivity (Wildman–Crippen MR) is 148 cm³/mol. The van der Waals surface area contributed by atoms with Gasteiger partial charge in [-0.1, -0.05) is 6.07 Å². The Morgan fingerprint density at radius 1 is 1.11 bits per heavy atom. The van der Waals surface area contributed by atoms with Gasteiger partial charge in [-0.25, -0.2) is 4.98 Å². The zero-order valence-electron chi connectivity index (χ0n) is 20.0. The fraction of sp³-hybridized carbons (Fsp3) is 0.269. The van der Waals surface area contributed by atoms with Crippen molar-refractivity contribution in [1.29, 1.82) is 5.41 Å². The van der Waals surface area contributed by atoms with Crippen molar-refractivity contribution in [2.75, 3.05) is 56.2 Å². The Bertz CT molecular complexity index is 1370. The number of anilines is 4. The Morgan fingerprint density at radius 2 is 1.97 bits per heavy atom. The number of fused-ring (bicyclic) bond motifs is 1. The second-order valence-corrected chi connectivity index (χ2v) is 9.79. The zero-order chi connectivity index (χ0) is 24.9. The monoisotopic (exact) mass is 502 g/mol. The SMILES string of the molecule is N=Cc1cc(Nc2ccnc(N)n2)cc(-c2cc3cc(CNCCN4CCOCC4)ccc3s2)c1N. The quantitative estimate of drug-likeness (QED) is 0.133. The summed E-state index contributed by atoms with van der Waals surface area (Å²) < 4.78 is 6.61. The van der Waals surface area contributed by atoms with Crippen LogP contribution in [0.1, 0.15) is 11.1 Å². The number of nitrogens with two attached hydrogens (primary N) is 2. The van der Waals surface area contributed by atoms with Crippen LogP contribution in [0.2, 0.25) is 0 Å².